The molecule has 0 saturated carbocycles. The third-order valence-corrected chi connectivity index (χ3v) is 4.58. The minimum absolute atomic E-state index is 0.256. The van der Waals surface area contributed by atoms with Crippen molar-refractivity contribution in [2.75, 3.05) is 25.0 Å². The highest BCUT2D eigenvalue weighted by molar-refractivity contribution is 5.57. The number of likely N-dealkylation sites (tertiary alicyclic amines) is 1. The van der Waals surface area contributed by atoms with E-state index < -0.39 is 0 Å². The van der Waals surface area contributed by atoms with Gasteiger partial charge in [-0.15, -0.1) is 0 Å². The zero-order chi connectivity index (χ0) is 17.8. The van der Waals surface area contributed by atoms with Gasteiger partial charge in [-0.3, -0.25) is 4.90 Å². The molecule has 0 aromatic carbocycles. The predicted octanol–water partition coefficient (Wildman–Crippen LogP) is 3.79. The fraction of sp³-hybridized carbons (Fsp3) is 0.632. The molecule has 0 spiro atoms. The summed E-state index contributed by atoms with van der Waals surface area (Å²) in [6.45, 7) is 12.0. The molecule has 1 atom stereocenters. The normalized spacial score (nSPS) is 18.4. The highest BCUT2D eigenvalue weighted by Crippen LogP contribution is 2.23. The number of aromatic nitrogens is 3. The molecule has 136 valence electrons. The Bertz CT molecular complexity index is 682. The first-order valence-electron chi connectivity index (χ1n) is 9.31. The molecule has 0 aliphatic carbocycles. The number of pyridine rings is 1. The van der Waals surface area contributed by atoms with Crippen molar-refractivity contribution >= 4 is 5.82 Å². The second kappa shape index (κ2) is 7.95. The third kappa shape index (κ3) is 4.57. The maximum absolute atomic E-state index is 5.38. The van der Waals surface area contributed by atoms with Crippen molar-refractivity contribution in [3.8, 4) is 11.5 Å². The first kappa shape index (κ1) is 17.9. The molecule has 25 heavy (non-hydrogen) atoms. The molecular formula is C19H29N5O. The van der Waals surface area contributed by atoms with Crippen molar-refractivity contribution in [3.63, 3.8) is 0 Å². The van der Waals surface area contributed by atoms with Crippen LogP contribution in [0.3, 0.4) is 0 Å². The van der Waals surface area contributed by atoms with Crippen molar-refractivity contribution in [2.45, 2.75) is 52.5 Å². The van der Waals surface area contributed by atoms with Gasteiger partial charge in [-0.2, -0.15) is 4.98 Å². The van der Waals surface area contributed by atoms with E-state index in [1.165, 1.54) is 25.9 Å². The Kier molecular flexibility index (Phi) is 5.68. The Labute approximate surface area is 150 Å². The second-order valence-electron chi connectivity index (χ2n) is 7.61. The molecule has 3 heterocycles. The van der Waals surface area contributed by atoms with Crippen LogP contribution < -0.4 is 5.32 Å². The molecule has 1 N–H and O–H groups in total. The Balaban J connectivity index is 1.63. The van der Waals surface area contributed by atoms with E-state index in [1.54, 1.807) is 6.20 Å². The van der Waals surface area contributed by atoms with Gasteiger partial charge in [-0.25, -0.2) is 4.98 Å². The van der Waals surface area contributed by atoms with Crippen LogP contribution in [0.25, 0.3) is 11.5 Å². The topological polar surface area (TPSA) is 67.1 Å². The van der Waals surface area contributed by atoms with E-state index in [4.69, 9.17) is 4.52 Å². The van der Waals surface area contributed by atoms with E-state index in [0.29, 0.717) is 17.9 Å². The van der Waals surface area contributed by atoms with Crippen molar-refractivity contribution in [3.05, 3.63) is 24.2 Å². The summed E-state index contributed by atoms with van der Waals surface area (Å²) < 4.78 is 5.38. The first-order valence-corrected chi connectivity index (χ1v) is 9.31. The molecule has 0 bridgehead atoms. The number of hydrogen-bond acceptors (Lipinski definition) is 6. The standard InChI is InChI=1S/C19H29N5O/c1-13(2)12-24-9-5-6-16(24)11-21-17-10-15(7-8-20-17)19-22-18(14(3)4)23-25-19/h7-8,10,13-14,16H,5-6,9,11-12H2,1-4H3,(H,20,21)/t16-/m1/s1. The van der Waals surface area contributed by atoms with E-state index >= 15 is 0 Å². The van der Waals surface area contributed by atoms with Gasteiger partial charge in [0.15, 0.2) is 5.82 Å². The SMILES string of the molecule is CC(C)CN1CCC[C@@H]1CNc1cc(-c2nc(C(C)C)no2)ccn1. The number of nitrogens with one attached hydrogen (secondary N) is 1. The van der Waals surface area contributed by atoms with Gasteiger partial charge in [0.25, 0.3) is 5.89 Å². The summed E-state index contributed by atoms with van der Waals surface area (Å²) in [5.41, 5.74) is 0.905. The lowest BCUT2D eigenvalue weighted by Crippen LogP contribution is -2.37. The quantitative estimate of drug-likeness (QED) is 0.825. The molecule has 1 aliphatic rings. The Morgan fingerprint density at radius 3 is 2.88 bits per heavy atom. The maximum Gasteiger partial charge on any atom is 0.258 e. The van der Waals surface area contributed by atoms with Gasteiger partial charge >= 0.3 is 0 Å². The van der Waals surface area contributed by atoms with Crippen LogP contribution in [0.4, 0.5) is 5.82 Å². The van der Waals surface area contributed by atoms with Crippen LogP contribution in [0.2, 0.25) is 0 Å². The summed E-state index contributed by atoms with van der Waals surface area (Å²) in [5.74, 6) is 3.10. The lowest BCUT2D eigenvalue weighted by atomic mass is 10.1. The van der Waals surface area contributed by atoms with E-state index in [0.717, 1.165) is 23.8 Å². The molecule has 2 aromatic rings. The molecule has 1 aliphatic heterocycles. The van der Waals surface area contributed by atoms with Crippen molar-refractivity contribution in [1.29, 1.82) is 0 Å². The summed E-state index contributed by atoms with van der Waals surface area (Å²) >= 11 is 0. The molecule has 2 aromatic heterocycles. The number of nitrogens with zero attached hydrogens (tertiary/aromatic N) is 4. The van der Waals surface area contributed by atoms with Crippen molar-refractivity contribution < 1.29 is 4.52 Å². The number of hydrogen-bond donors (Lipinski definition) is 1. The molecule has 0 unspecified atom stereocenters. The fourth-order valence-electron chi connectivity index (χ4n) is 3.30. The van der Waals surface area contributed by atoms with Gasteiger partial charge in [0.2, 0.25) is 0 Å². The maximum atomic E-state index is 5.38. The average molecular weight is 343 g/mol. The molecular weight excluding hydrogens is 314 g/mol. The van der Waals surface area contributed by atoms with Crippen LogP contribution in [0.5, 0.6) is 0 Å². The third-order valence-electron chi connectivity index (χ3n) is 4.58. The number of rotatable bonds is 7. The molecule has 3 rings (SSSR count). The summed E-state index contributed by atoms with van der Waals surface area (Å²) in [7, 11) is 0. The van der Waals surface area contributed by atoms with Gasteiger partial charge in [0, 0.05) is 36.8 Å². The smallest absolute Gasteiger partial charge is 0.258 e. The van der Waals surface area contributed by atoms with E-state index in [1.807, 2.05) is 12.1 Å². The van der Waals surface area contributed by atoms with E-state index in [2.05, 4.69) is 53.0 Å². The lowest BCUT2D eigenvalue weighted by molar-refractivity contribution is 0.234. The van der Waals surface area contributed by atoms with Crippen LogP contribution >= 0.6 is 0 Å². The summed E-state index contributed by atoms with van der Waals surface area (Å²) in [6.07, 6.45) is 4.32. The van der Waals surface area contributed by atoms with E-state index in [-0.39, 0.29) is 5.92 Å². The molecule has 0 amide bonds. The predicted molar refractivity (Wildman–Crippen MR) is 99.5 cm³/mol. The van der Waals surface area contributed by atoms with Crippen LogP contribution in [0, 0.1) is 5.92 Å². The van der Waals surface area contributed by atoms with Gasteiger partial charge < -0.3 is 9.84 Å². The van der Waals surface area contributed by atoms with Gasteiger partial charge in [0.05, 0.1) is 0 Å². The molecule has 1 saturated heterocycles. The van der Waals surface area contributed by atoms with Gasteiger partial charge in [-0.1, -0.05) is 32.9 Å². The Morgan fingerprint density at radius 2 is 2.16 bits per heavy atom. The van der Waals surface area contributed by atoms with Crippen LogP contribution in [0.1, 0.15) is 52.3 Å². The Morgan fingerprint density at radius 1 is 1.32 bits per heavy atom. The zero-order valence-electron chi connectivity index (χ0n) is 15.7. The summed E-state index contributed by atoms with van der Waals surface area (Å²) in [6, 6.07) is 4.48. The van der Waals surface area contributed by atoms with Crippen LogP contribution in [-0.2, 0) is 0 Å². The molecule has 0 radical (unpaired) electrons. The fourth-order valence-corrected chi connectivity index (χ4v) is 3.30. The summed E-state index contributed by atoms with van der Waals surface area (Å²) in [4.78, 5) is 11.5. The second-order valence-corrected chi connectivity index (χ2v) is 7.61. The number of anilines is 1. The van der Waals surface area contributed by atoms with E-state index in [9.17, 15) is 0 Å². The summed E-state index contributed by atoms with van der Waals surface area (Å²) in [5, 5.41) is 7.52. The molecule has 1 fully saturated rings. The minimum atomic E-state index is 0.256. The monoisotopic (exact) mass is 343 g/mol. The highest BCUT2D eigenvalue weighted by atomic mass is 16.5. The van der Waals surface area contributed by atoms with Gasteiger partial charge in [-0.05, 0) is 37.4 Å². The van der Waals surface area contributed by atoms with Crippen molar-refractivity contribution in [2.24, 2.45) is 5.92 Å². The van der Waals surface area contributed by atoms with Crippen LogP contribution in [0.15, 0.2) is 22.9 Å². The average Bonchev–Trinajstić information content (AvgIpc) is 3.22. The molecule has 6 heteroatoms. The zero-order valence-corrected chi connectivity index (χ0v) is 15.7. The highest BCUT2D eigenvalue weighted by Gasteiger charge is 2.24. The van der Waals surface area contributed by atoms with Crippen molar-refractivity contribution in [1.82, 2.24) is 20.0 Å². The van der Waals surface area contributed by atoms with Gasteiger partial charge in [0.1, 0.15) is 5.82 Å². The Hall–Kier alpha value is -1.95. The lowest BCUT2D eigenvalue weighted by Gasteiger charge is -2.26. The minimum Gasteiger partial charge on any atom is -0.368 e. The first-order chi connectivity index (χ1) is 12.0. The molecule has 6 nitrogen and oxygen atoms in total. The largest absolute Gasteiger partial charge is 0.368 e. The van der Waals surface area contributed by atoms with Crippen LogP contribution in [-0.4, -0.2) is 45.7 Å².